The minimum atomic E-state index is -0.135. The lowest BCUT2D eigenvalue weighted by atomic mass is 9.81. The average molecular weight is 258 g/mol. The summed E-state index contributed by atoms with van der Waals surface area (Å²) in [5.41, 5.74) is 7.87. The molecular formula is C14H21ClFN. The molecule has 96 valence electrons. The fraction of sp³-hybridized carbons (Fsp3) is 0.571. The molecule has 1 fully saturated rings. The molecule has 0 spiro atoms. The minimum Gasteiger partial charge on any atom is -0.324 e. The van der Waals surface area contributed by atoms with Crippen LogP contribution in [0.4, 0.5) is 4.39 Å². The summed E-state index contributed by atoms with van der Waals surface area (Å²) < 4.78 is 13.5. The second kappa shape index (κ2) is 6.36. The second-order valence-corrected chi connectivity index (χ2v) is 4.93. The Morgan fingerprint density at radius 2 is 1.88 bits per heavy atom. The highest BCUT2D eigenvalue weighted by atomic mass is 35.5. The van der Waals surface area contributed by atoms with Crippen LogP contribution < -0.4 is 5.73 Å². The average Bonchev–Trinajstić information content (AvgIpc) is 2.33. The van der Waals surface area contributed by atoms with E-state index in [1.54, 1.807) is 13.0 Å². The topological polar surface area (TPSA) is 26.0 Å². The summed E-state index contributed by atoms with van der Waals surface area (Å²) in [6.07, 6.45) is 6.25. The summed E-state index contributed by atoms with van der Waals surface area (Å²) in [7, 11) is 0. The first-order chi connectivity index (χ1) is 7.68. The van der Waals surface area contributed by atoms with Gasteiger partial charge in [0.15, 0.2) is 0 Å². The number of halogens is 2. The van der Waals surface area contributed by atoms with E-state index in [-0.39, 0.29) is 24.3 Å². The third-order valence-corrected chi connectivity index (χ3v) is 3.74. The molecule has 0 unspecified atom stereocenters. The molecule has 2 rings (SSSR count). The molecule has 1 aliphatic rings. The summed E-state index contributed by atoms with van der Waals surface area (Å²) in [6, 6.07) is 5.41. The molecule has 0 aromatic heterocycles. The van der Waals surface area contributed by atoms with E-state index in [1.165, 1.54) is 32.1 Å². The monoisotopic (exact) mass is 257 g/mol. The Morgan fingerprint density at radius 3 is 2.47 bits per heavy atom. The Morgan fingerprint density at radius 1 is 1.24 bits per heavy atom. The number of hydrogen-bond donors (Lipinski definition) is 1. The first-order valence-electron chi connectivity index (χ1n) is 6.20. The van der Waals surface area contributed by atoms with Crippen molar-refractivity contribution in [2.24, 2.45) is 11.7 Å². The number of hydrogen-bond acceptors (Lipinski definition) is 1. The van der Waals surface area contributed by atoms with Crippen molar-refractivity contribution in [3.63, 3.8) is 0 Å². The van der Waals surface area contributed by atoms with Gasteiger partial charge in [0.05, 0.1) is 0 Å². The van der Waals surface area contributed by atoms with Gasteiger partial charge in [0.2, 0.25) is 0 Å². The summed E-state index contributed by atoms with van der Waals surface area (Å²) in [5, 5.41) is 0. The van der Waals surface area contributed by atoms with E-state index in [0.29, 0.717) is 11.5 Å². The van der Waals surface area contributed by atoms with Crippen LogP contribution in [0.1, 0.15) is 49.3 Å². The molecule has 0 bridgehead atoms. The lowest BCUT2D eigenvalue weighted by Gasteiger charge is -2.27. The van der Waals surface area contributed by atoms with Crippen LogP contribution in [0.15, 0.2) is 18.2 Å². The van der Waals surface area contributed by atoms with Crippen LogP contribution in [0.5, 0.6) is 0 Å². The smallest absolute Gasteiger partial charge is 0.126 e. The van der Waals surface area contributed by atoms with Crippen LogP contribution in [0.3, 0.4) is 0 Å². The second-order valence-electron chi connectivity index (χ2n) is 4.93. The summed E-state index contributed by atoms with van der Waals surface area (Å²) in [4.78, 5) is 0. The van der Waals surface area contributed by atoms with Crippen LogP contribution in [0, 0.1) is 18.7 Å². The summed E-state index contributed by atoms with van der Waals surface area (Å²) in [5.74, 6) is 0.402. The van der Waals surface area contributed by atoms with Crippen LogP contribution in [0.2, 0.25) is 0 Å². The van der Waals surface area contributed by atoms with E-state index < -0.39 is 0 Å². The Kier molecular flexibility index (Phi) is 5.41. The Hall–Kier alpha value is -0.600. The van der Waals surface area contributed by atoms with Crippen molar-refractivity contribution in [1.29, 1.82) is 0 Å². The van der Waals surface area contributed by atoms with Gasteiger partial charge < -0.3 is 5.73 Å². The zero-order valence-electron chi connectivity index (χ0n) is 10.3. The van der Waals surface area contributed by atoms with Crippen LogP contribution in [-0.2, 0) is 0 Å². The lowest BCUT2D eigenvalue weighted by Crippen LogP contribution is -2.23. The predicted octanol–water partition coefficient (Wildman–Crippen LogP) is 4.14. The molecular weight excluding hydrogens is 237 g/mol. The highest BCUT2D eigenvalue weighted by Gasteiger charge is 2.22. The van der Waals surface area contributed by atoms with Crippen molar-refractivity contribution < 1.29 is 4.39 Å². The fourth-order valence-corrected chi connectivity index (χ4v) is 2.58. The molecule has 0 amide bonds. The van der Waals surface area contributed by atoms with E-state index in [1.807, 2.05) is 12.1 Å². The van der Waals surface area contributed by atoms with Crippen LogP contribution in [0.25, 0.3) is 0 Å². The van der Waals surface area contributed by atoms with Crippen molar-refractivity contribution in [3.8, 4) is 0 Å². The number of rotatable bonds is 2. The fourth-order valence-electron chi connectivity index (χ4n) is 2.58. The normalized spacial score (nSPS) is 18.5. The molecule has 2 N–H and O–H groups in total. The molecule has 0 heterocycles. The van der Waals surface area contributed by atoms with Gasteiger partial charge >= 0.3 is 0 Å². The van der Waals surface area contributed by atoms with Gasteiger partial charge in [-0.2, -0.15) is 0 Å². The van der Waals surface area contributed by atoms with Gasteiger partial charge in [0, 0.05) is 6.04 Å². The first kappa shape index (κ1) is 14.5. The molecule has 0 aliphatic heterocycles. The Labute approximate surface area is 109 Å². The predicted molar refractivity (Wildman–Crippen MR) is 71.9 cm³/mol. The van der Waals surface area contributed by atoms with Gasteiger partial charge in [-0.05, 0) is 42.9 Å². The first-order valence-corrected chi connectivity index (χ1v) is 6.20. The molecule has 0 radical (unpaired) electrons. The van der Waals surface area contributed by atoms with Crippen LogP contribution in [-0.4, -0.2) is 0 Å². The van der Waals surface area contributed by atoms with E-state index in [9.17, 15) is 4.39 Å². The molecule has 1 aromatic carbocycles. The molecule has 1 aliphatic carbocycles. The maximum Gasteiger partial charge on any atom is 0.126 e. The van der Waals surface area contributed by atoms with Gasteiger partial charge in [-0.3, -0.25) is 0 Å². The number of benzene rings is 1. The van der Waals surface area contributed by atoms with E-state index in [0.717, 1.165) is 5.56 Å². The quantitative estimate of drug-likeness (QED) is 0.847. The third-order valence-electron chi connectivity index (χ3n) is 3.74. The maximum atomic E-state index is 13.5. The standard InChI is InChI=1S/C14H20FN.ClH/c1-10-7-8-12(9-13(10)15)14(16)11-5-3-2-4-6-11;/h7-9,11,14H,2-6,16H2,1H3;1H/t14-;/m0./s1. The minimum absolute atomic E-state index is 0. The van der Waals surface area contributed by atoms with Crippen molar-refractivity contribution in [2.75, 3.05) is 0 Å². The van der Waals surface area contributed by atoms with Crippen molar-refractivity contribution in [3.05, 3.63) is 35.1 Å². The van der Waals surface area contributed by atoms with Gasteiger partial charge in [-0.25, -0.2) is 4.39 Å². The molecule has 1 saturated carbocycles. The molecule has 1 aromatic rings. The molecule has 0 saturated heterocycles. The Balaban J connectivity index is 0.00000144. The van der Waals surface area contributed by atoms with Gasteiger partial charge in [-0.15, -0.1) is 12.4 Å². The largest absolute Gasteiger partial charge is 0.324 e. The summed E-state index contributed by atoms with van der Waals surface area (Å²) in [6.45, 7) is 1.78. The molecule has 3 heteroatoms. The van der Waals surface area contributed by atoms with Gasteiger partial charge in [0.25, 0.3) is 0 Å². The van der Waals surface area contributed by atoms with Crippen molar-refractivity contribution in [2.45, 2.75) is 45.1 Å². The van der Waals surface area contributed by atoms with E-state index >= 15 is 0 Å². The highest BCUT2D eigenvalue weighted by Crippen LogP contribution is 2.33. The van der Waals surface area contributed by atoms with E-state index in [4.69, 9.17) is 5.73 Å². The zero-order chi connectivity index (χ0) is 11.5. The molecule has 1 atom stereocenters. The zero-order valence-corrected chi connectivity index (χ0v) is 11.1. The Bertz CT molecular complexity index is 361. The van der Waals surface area contributed by atoms with Gasteiger partial charge in [0.1, 0.15) is 5.82 Å². The lowest BCUT2D eigenvalue weighted by molar-refractivity contribution is 0.308. The van der Waals surface area contributed by atoms with E-state index in [2.05, 4.69) is 0 Å². The van der Waals surface area contributed by atoms with Crippen LogP contribution >= 0.6 is 12.4 Å². The summed E-state index contributed by atoms with van der Waals surface area (Å²) >= 11 is 0. The number of aryl methyl sites for hydroxylation is 1. The molecule has 1 nitrogen and oxygen atoms in total. The third kappa shape index (κ3) is 3.43. The van der Waals surface area contributed by atoms with Gasteiger partial charge in [-0.1, -0.05) is 31.4 Å². The highest BCUT2D eigenvalue weighted by molar-refractivity contribution is 5.85. The van der Waals surface area contributed by atoms with Crippen molar-refractivity contribution in [1.82, 2.24) is 0 Å². The van der Waals surface area contributed by atoms with Crippen molar-refractivity contribution >= 4 is 12.4 Å². The SMILES string of the molecule is Cc1ccc([C@@H](N)C2CCCCC2)cc1F.Cl. The maximum absolute atomic E-state index is 13.5. The molecule has 17 heavy (non-hydrogen) atoms. The number of nitrogens with two attached hydrogens (primary N) is 1.